The van der Waals surface area contributed by atoms with E-state index in [4.69, 9.17) is 11.6 Å². The third-order valence-electron chi connectivity index (χ3n) is 2.75. The number of hydrogen-bond donors (Lipinski definition) is 0. The molecule has 0 spiro atoms. The number of benzene rings is 1. The third kappa shape index (κ3) is 3.58. The Bertz CT molecular complexity index is 423. The monoisotopic (exact) mass is 276 g/mol. The summed E-state index contributed by atoms with van der Waals surface area (Å²) in [5.74, 6) is 0.264. The van der Waals surface area contributed by atoms with Crippen LogP contribution in [0, 0.1) is 0 Å². The van der Waals surface area contributed by atoms with E-state index < -0.39 is 6.61 Å². The SMILES string of the molecule is CC(C)c1cc(OC(F)F)c(Cl)cc1C(C)(C)C. The minimum Gasteiger partial charge on any atom is -0.433 e. The van der Waals surface area contributed by atoms with Crippen molar-refractivity contribution in [3.05, 3.63) is 28.3 Å². The van der Waals surface area contributed by atoms with Gasteiger partial charge in [-0.05, 0) is 34.6 Å². The Hall–Kier alpha value is -0.830. The summed E-state index contributed by atoms with van der Waals surface area (Å²) in [5.41, 5.74) is 1.96. The minimum atomic E-state index is -2.86. The Morgan fingerprint density at radius 3 is 2.11 bits per heavy atom. The molecular weight excluding hydrogens is 258 g/mol. The predicted molar refractivity (Wildman–Crippen MR) is 70.9 cm³/mol. The van der Waals surface area contributed by atoms with Gasteiger partial charge in [-0.1, -0.05) is 46.2 Å². The second-order valence-corrected chi connectivity index (χ2v) is 6.06. The van der Waals surface area contributed by atoms with Crippen LogP contribution in [0.4, 0.5) is 8.78 Å². The summed E-state index contributed by atoms with van der Waals surface area (Å²) in [5, 5.41) is 0.227. The zero-order valence-electron chi connectivity index (χ0n) is 11.4. The molecule has 1 nitrogen and oxygen atoms in total. The molecule has 0 aromatic heterocycles. The first-order chi connectivity index (χ1) is 8.12. The van der Waals surface area contributed by atoms with Crippen LogP contribution in [0.2, 0.25) is 5.02 Å². The van der Waals surface area contributed by atoms with E-state index in [0.29, 0.717) is 0 Å². The quantitative estimate of drug-likeness (QED) is 0.722. The van der Waals surface area contributed by atoms with Gasteiger partial charge in [0.2, 0.25) is 0 Å². The van der Waals surface area contributed by atoms with Gasteiger partial charge in [-0.15, -0.1) is 0 Å². The summed E-state index contributed by atoms with van der Waals surface area (Å²) < 4.78 is 29.0. The number of halogens is 3. The molecule has 102 valence electrons. The molecule has 0 aliphatic carbocycles. The lowest BCUT2D eigenvalue weighted by Gasteiger charge is -2.26. The van der Waals surface area contributed by atoms with E-state index >= 15 is 0 Å². The van der Waals surface area contributed by atoms with Crippen LogP contribution in [0.1, 0.15) is 51.7 Å². The molecule has 0 bridgehead atoms. The largest absolute Gasteiger partial charge is 0.433 e. The highest BCUT2D eigenvalue weighted by Crippen LogP contribution is 2.38. The van der Waals surface area contributed by atoms with Gasteiger partial charge in [0.15, 0.2) is 0 Å². The van der Waals surface area contributed by atoms with E-state index in [1.807, 2.05) is 13.8 Å². The lowest BCUT2D eigenvalue weighted by atomic mass is 9.80. The highest BCUT2D eigenvalue weighted by atomic mass is 35.5. The first kappa shape index (κ1) is 15.2. The molecule has 0 atom stereocenters. The van der Waals surface area contributed by atoms with E-state index in [1.54, 1.807) is 12.1 Å². The normalized spacial score (nSPS) is 12.3. The molecule has 0 fully saturated rings. The fourth-order valence-electron chi connectivity index (χ4n) is 1.88. The summed E-state index contributed by atoms with van der Waals surface area (Å²) in [6, 6.07) is 3.36. The molecule has 1 aromatic rings. The standard InChI is InChI=1S/C14H19ClF2O/c1-8(2)9-6-12(18-13(16)17)11(15)7-10(9)14(3,4)5/h6-8,13H,1-5H3. The molecule has 0 saturated carbocycles. The van der Waals surface area contributed by atoms with Gasteiger partial charge >= 0.3 is 6.61 Å². The van der Waals surface area contributed by atoms with Gasteiger partial charge in [-0.2, -0.15) is 8.78 Å². The van der Waals surface area contributed by atoms with Crippen LogP contribution in [-0.4, -0.2) is 6.61 Å². The van der Waals surface area contributed by atoms with E-state index in [2.05, 4.69) is 25.5 Å². The second kappa shape index (κ2) is 5.43. The Kier molecular flexibility index (Phi) is 4.60. The molecule has 0 saturated heterocycles. The zero-order chi connectivity index (χ0) is 14.1. The van der Waals surface area contributed by atoms with Gasteiger partial charge in [0.05, 0.1) is 5.02 Å². The molecule has 4 heteroatoms. The molecule has 0 unspecified atom stereocenters. The zero-order valence-corrected chi connectivity index (χ0v) is 12.1. The van der Waals surface area contributed by atoms with Crippen molar-refractivity contribution in [2.45, 2.75) is 52.6 Å². The molecule has 0 heterocycles. The molecule has 18 heavy (non-hydrogen) atoms. The van der Waals surface area contributed by atoms with Gasteiger partial charge in [0.25, 0.3) is 0 Å². The number of hydrogen-bond acceptors (Lipinski definition) is 1. The van der Waals surface area contributed by atoms with E-state index in [0.717, 1.165) is 11.1 Å². The van der Waals surface area contributed by atoms with Crippen molar-refractivity contribution in [2.24, 2.45) is 0 Å². The van der Waals surface area contributed by atoms with Gasteiger partial charge in [-0.25, -0.2) is 0 Å². The van der Waals surface area contributed by atoms with Crippen LogP contribution in [0.3, 0.4) is 0 Å². The average Bonchev–Trinajstić information content (AvgIpc) is 2.17. The summed E-state index contributed by atoms with van der Waals surface area (Å²) in [4.78, 5) is 0. The van der Waals surface area contributed by atoms with Crippen molar-refractivity contribution in [3.63, 3.8) is 0 Å². The van der Waals surface area contributed by atoms with Gasteiger partial charge in [0.1, 0.15) is 5.75 Å². The van der Waals surface area contributed by atoms with Crippen molar-refractivity contribution in [2.75, 3.05) is 0 Å². The summed E-state index contributed by atoms with van der Waals surface area (Å²) >= 11 is 6.00. The van der Waals surface area contributed by atoms with Crippen molar-refractivity contribution in [1.29, 1.82) is 0 Å². The van der Waals surface area contributed by atoms with Crippen molar-refractivity contribution in [3.8, 4) is 5.75 Å². The average molecular weight is 277 g/mol. The smallest absolute Gasteiger partial charge is 0.387 e. The summed E-state index contributed by atoms with van der Waals surface area (Å²) in [7, 11) is 0. The summed E-state index contributed by atoms with van der Waals surface area (Å²) in [6.07, 6.45) is 0. The van der Waals surface area contributed by atoms with Gasteiger partial charge in [-0.3, -0.25) is 0 Å². The maximum atomic E-state index is 12.3. The second-order valence-electron chi connectivity index (χ2n) is 5.65. The van der Waals surface area contributed by atoms with Gasteiger partial charge < -0.3 is 4.74 Å². The molecule has 1 rings (SSSR count). The van der Waals surface area contributed by atoms with Crippen LogP contribution in [-0.2, 0) is 5.41 Å². The lowest BCUT2D eigenvalue weighted by Crippen LogP contribution is -2.15. The van der Waals surface area contributed by atoms with Crippen LogP contribution < -0.4 is 4.74 Å². The van der Waals surface area contributed by atoms with Crippen LogP contribution in [0.25, 0.3) is 0 Å². The number of alkyl halides is 2. The van der Waals surface area contributed by atoms with E-state index in [-0.39, 0.29) is 22.1 Å². The van der Waals surface area contributed by atoms with Crippen LogP contribution in [0.15, 0.2) is 12.1 Å². The van der Waals surface area contributed by atoms with Crippen molar-refractivity contribution >= 4 is 11.6 Å². The maximum absolute atomic E-state index is 12.3. The highest BCUT2D eigenvalue weighted by Gasteiger charge is 2.22. The molecule has 0 aliphatic rings. The highest BCUT2D eigenvalue weighted by molar-refractivity contribution is 6.32. The fraction of sp³-hybridized carbons (Fsp3) is 0.571. The Morgan fingerprint density at radius 2 is 1.72 bits per heavy atom. The molecular formula is C14H19ClF2O. The van der Waals surface area contributed by atoms with Crippen LogP contribution in [0.5, 0.6) is 5.75 Å². The molecule has 0 radical (unpaired) electrons. The molecule has 0 aliphatic heterocycles. The van der Waals surface area contributed by atoms with Crippen molar-refractivity contribution in [1.82, 2.24) is 0 Å². The van der Waals surface area contributed by atoms with Crippen LogP contribution >= 0.6 is 11.6 Å². The van der Waals surface area contributed by atoms with E-state index in [1.165, 1.54) is 0 Å². The predicted octanol–water partition coefficient (Wildman–Crippen LogP) is 5.36. The Morgan fingerprint density at radius 1 is 1.17 bits per heavy atom. The topological polar surface area (TPSA) is 9.23 Å². The minimum absolute atomic E-state index is 0.0448. The first-order valence-corrected chi connectivity index (χ1v) is 6.29. The molecule has 0 N–H and O–H groups in total. The summed E-state index contributed by atoms with van der Waals surface area (Å²) in [6.45, 7) is 7.38. The fourth-order valence-corrected chi connectivity index (χ4v) is 2.09. The lowest BCUT2D eigenvalue weighted by molar-refractivity contribution is -0.0498. The Balaban J connectivity index is 3.35. The first-order valence-electron chi connectivity index (χ1n) is 5.91. The van der Waals surface area contributed by atoms with E-state index in [9.17, 15) is 8.78 Å². The number of rotatable bonds is 3. The molecule has 0 amide bonds. The third-order valence-corrected chi connectivity index (χ3v) is 3.05. The maximum Gasteiger partial charge on any atom is 0.387 e. The van der Waals surface area contributed by atoms with Gasteiger partial charge in [0, 0.05) is 0 Å². The Labute approximate surface area is 112 Å². The molecule has 1 aromatic carbocycles. The number of ether oxygens (including phenoxy) is 1. The van der Waals surface area contributed by atoms with Crippen molar-refractivity contribution < 1.29 is 13.5 Å².